The Morgan fingerprint density at radius 1 is 1.15 bits per heavy atom. The SMILES string of the molecule is CC1(NC(=O)c2ccc3c(-c4ccccc4Cl)nn(-c4ccc(F)cc4)c3c2)CCS(O)(O)C1. The number of hydrogen-bond acceptors (Lipinski definition) is 4. The first-order valence-electron chi connectivity index (χ1n) is 10.7. The predicted molar refractivity (Wildman–Crippen MR) is 135 cm³/mol. The number of rotatable bonds is 4. The number of aromatic nitrogens is 2. The molecule has 1 amide bonds. The van der Waals surface area contributed by atoms with E-state index in [-0.39, 0.29) is 23.2 Å². The first kappa shape index (κ1) is 22.9. The van der Waals surface area contributed by atoms with E-state index >= 15 is 0 Å². The highest BCUT2D eigenvalue weighted by Crippen LogP contribution is 2.50. The Bertz CT molecular complexity index is 1410. The van der Waals surface area contributed by atoms with Gasteiger partial charge in [-0.15, -0.1) is 0 Å². The summed E-state index contributed by atoms with van der Waals surface area (Å²) in [4.78, 5) is 13.1. The molecule has 0 radical (unpaired) electrons. The third-order valence-corrected chi connectivity index (χ3v) is 8.38. The normalized spacial score (nSPS) is 20.4. The predicted octanol–water partition coefficient (Wildman–Crippen LogP) is 6.13. The first-order valence-corrected chi connectivity index (χ1v) is 13.0. The molecule has 176 valence electrons. The summed E-state index contributed by atoms with van der Waals surface area (Å²) in [7, 11) is -2.67. The largest absolute Gasteiger partial charge is 0.345 e. The lowest BCUT2D eigenvalue weighted by molar-refractivity contribution is 0.0915. The zero-order valence-corrected chi connectivity index (χ0v) is 19.9. The van der Waals surface area contributed by atoms with Crippen LogP contribution in [0.15, 0.2) is 66.7 Å². The van der Waals surface area contributed by atoms with Crippen molar-refractivity contribution < 1.29 is 18.3 Å². The van der Waals surface area contributed by atoms with Crippen molar-refractivity contribution in [1.29, 1.82) is 0 Å². The molecule has 3 aromatic carbocycles. The fourth-order valence-corrected chi connectivity index (χ4v) is 6.76. The van der Waals surface area contributed by atoms with Crippen LogP contribution in [0, 0.1) is 5.82 Å². The molecule has 1 atom stereocenters. The second-order valence-corrected chi connectivity index (χ2v) is 11.6. The van der Waals surface area contributed by atoms with Gasteiger partial charge in [0.1, 0.15) is 11.5 Å². The fourth-order valence-electron chi connectivity index (χ4n) is 4.38. The molecule has 6 nitrogen and oxygen atoms in total. The molecule has 0 bridgehead atoms. The molecular weight excluding hydrogens is 477 g/mol. The molecule has 0 aliphatic carbocycles. The minimum absolute atomic E-state index is 0.137. The molecule has 1 unspecified atom stereocenters. The van der Waals surface area contributed by atoms with Crippen LogP contribution in [0.5, 0.6) is 0 Å². The molecule has 1 saturated heterocycles. The Kier molecular flexibility index (Phi) is 5.64. The molecule has 0 spiro atoms. The van der Waals surface area contributed by atoms with Gasteiger partial charge in [-0.1, -0.05) is 29.8 Å². The van der Waals surface area contributed by atoms with Crippen LogP contribution in [0.4, 0.5) is 4.39 Å². The number of amides is 1. The van der Waals surface area contributed by atoms with Gasteiger partial charge in [0.15, 0.2) is 0 Å². The minimum atomic E-state index is -2.67. The van der Waals surface area contributed by atoms with E-state index in [0.717, 1.165) is 10.9 Å². The van der Waals surface area contributed by atoms with Gasteiger partial charge >= 0.3 is 0 Å². The molecule has 1 aliphatic rings. The van der Waals surface area contributed by atoms with Crippen molar-refractivity contribution in [3.05, 3.63) is 83.1 Å². The van der Waals surface area contributed by atoms with E-state index < -0.39 is 16.1 Å². The molecule has 1 fully saturated rings. The van der Waals surface area contributed by atoms with Gasteiger partial charge in [0.2, 0.25) is 0 Å². The smallest absolute Gasteiger partial charge is 0.251 e. The van der Waals surface area contributed by atoms with Gasteiger partial charge in [-0.25, -0.2) is 9.07 Å². The molecule has 0 saturated carbocycles. The van der Waals surface area contributed by atoms with Crippen LogP contribution in [-0.2, 0) is 0 Å². The van der Waals surface area contributed by atoms with Gasteiger partial charge in [0.05, 0.1) is 27.5 Å². The summed E-state index contributed by atoms with van der Waals surface area (Å²) >= 11 is 6.45. The van der Waals surface area contributed by atoms with Crippen molar-refractivity contribution in [1.82, 2.24) is 15.1 Å². The molecular formula is C25H23ClFN3O3S. The van der Waals surface area contributed by atoms with E-state index in [9.17, 15) is 18.3 Å². The van der Waals surface area contributed by atoms with Crippen molar-refractivity contribution in [2.24, 2.45) is 0 Å². The average Bonchev–Trinajstić information content (AvgIpc) is 3.30. The number of carbonyl (C=O) groups excluding carboxylic acids is 1. The highest BCUT2D eigenvalue weighted by molar-refractivity contribution is 8.24. The number of nitrogens with one attached hydrogen (secondary N) is 1. The highest BCUT2D eigenvalue weighted by atomic mass is 35.5. The average molecular weight is 500 g/mol. The summed E-state index contributed by atoms with van der Waals surface area (Å²) < 4.78 is 35.2. The van der Waals surface area contributed by atoms with Gasteiger partial charge in [0, 0.05) is 22.3 Å². The molecule has 1 aromatic heterocycles. The summed E-state index contributed by atoms with van der Waals surface area (Å²) in [5, 5.41) is 9.07. The third-order valence-electron chi connectivity index (χ3n) is 6.09. The first-order chi connectivity index (χ1) is 16.1. The van der Waals surface area contributed by atoms with Gasteiger partial charge in [0.25, 0.3) is 5.91 Å². The molecule has 5 rings (SSSR count). The van der Waals surface area contributed by atoms with Crippen LogP contribution in [0.25, 0.3) is 27.8 Å². The maximum Gasteiger partial charge on any atom is 0.251 e. The summed E-state index contributed by atoms with van der Waals surface area (Å²) in [6, 6.07) is 18.6. The Labute approximate surface area is 202 Å². The van der Waals surface area contributed by atoms with Crippen molar-refractivity contribution in [2.75, 3.05) is 11.5 Å². The molecule has 2 heterocycles. The van der Waals surface area contributed by atoms with Crippen molar-refractivity contribution in [3.63, 3.8) is 0 Å². The van der Waals surface area contributed by atoms with Gasteiger partial charge < -0.3 is 5.32 Å². The molecule has 1 aliphatic heterocycles. The van der Waals surface area contributed by atoms with Crippen molar-refractivity contribution in [3.8, 4) is 16.9 Å². The minimum Gasteiger partial charge on any atom is -0.345 e. The standard InChI is InChI=1S/C25H23ClFN3O3S/c1-25(12-13-34(32,33)15-25)28-24(31)16-6-11-20-22(14-16)30(18-9-7-17(27)8-10-18)29-23(20)19-4-2-3-5-21(19)26/h2-11,14,32-33H,12-13,15H2,1H3,(H,28,31). The van der Waals surface area contributed by atoms with Gasteiger partial charge in [-0.2, -0.15) is 15.7 Å². The Balaban J connectivity index is 1.60. The Hall–Kier alpha value is -2.91. The number of benzene rings is 3. The van der Waals surface area contributed by atoms with Crippen LogP contribution < -0.4 is 5.32 Å². The van der Waals surface area contributed by atoms with E-state index in [2.05, 4.69) is 5.32 Å². The monoisotopic (exact) mass is 499 g/mol. The number of fused-ring (bicyclic) bond motifs is 1. The van der Waals surface area contributed by atoms with Crippen LogP contribution in [0.2, 0.25) is 5.02 Å². The van der Waals surface area contributed by atoms with E-state index in [1.807, 2.05) is 31.2 Å². The number of halogens is 2. The Morgan fingerprint density at radius 2 is 1.88 bits per heavy atom. The molecule has 9 heteroatoms. The van der Waals surface area contributed by atoms with Crippen LogP contribution >= 0.6 is 22.2 Å². The fraction of sp³-hybridized carbons (Fsp3) is 0.200. The number of hydrogen-bond donors (Lipinski definition) is 3. The zero-order chi connectivity index (χ0) is 24.1. The lowest BCUT2D eigenvalue weighted by Crippen LogP contribution is -2.46. The van der Waals surface area contributed by atoms with Crippen molar-refractivity contribution >= 4 is 39.0 Å². The van der Waals surface area contributed by atoms with Crippen molar-refractivity contribution in [2.45, 2.75) is 18.9 Å². The topological polar surface area (TPSA) is 87.4 Å². The maximum absolute atomic E-state index is 13.6. The molecule has 3 N–H and O–H groups in total. The summed E-state index contributed by atoms with van der Waals surface area (Å²) in [6.45, 7) is 1.82. The second-order valence-electron chi connectivity index (χ2n) is 8.86. The van der Waals surface area contributed by atoms with Gasteiger partial charge in [-0.05, 0) is 61.9 Å². The van der Waals surface area contributed by atoms with E-state index in [1.54, 1.807) is 35.0 Å². The van der Waals surface area contributed by atoms with E-state index in [1.165, 1.54) is 12.1 Å². The Morgan fingerprint density at radius 3 is 2.56 bits per heavy atom. The zero-order valence-electron chi connectivity index (χ0n) is 18.3. The molecule has 34 heavy (non-hydrogen) atoms. The van der Waals surface area contributed by atoms with Crippen LogP contribution in [-0.4, -0.2) is 41.8 Å². The van der Waals surface area contributed by atoms with E-state index in [4.69, 9.17) is 16.7 Å². The van der Waals surface area contributed by atoms with Crippen LogP contribution in [0.1, 0.15) is 23.7 Å². The second kappa shape index (κ2) is 8.39. The van der Waals surface area contributed by atoms with Crippen LogP contribution in [0.3, 0.4) is 0 Å². The summed E-state index contributed by atoms with van der Waals surface area (Å²) in [5.74, 6) is -0.255. The van der Waals surface area contributed by atoms with Gasteiger partial charge in [-0.3, -0.25) is 13.9 Å². The third kappa shape index (κ3) is 4.30. The lowest BCUT2D eigenvalue weighted by Gasteiger charge is -2.30. The summed E-state index contributed by atoms with van der Waals surface area (Å²) in [5.41, 5.74) is 2.41. The lowest BCUT2D eigenvalue weighted by atomic mass is 10.0. The summed E-state index contributed by atoms with van der Waals surface area (Å²) in [6.07, 6.45) is 0.494. The maximum atomic E-state index is 13.6. The highest BCUT2D eigenvalue weighted by Gasteiger charge is 2.39. The quantitative estimate of drug-likeness (QED) is 0.315. The van der Waals surface area contributed by atoms with E-state index in [0.29, 0.717) is 33.9 Å². The molecule has 4 aromatic rings. The number of carbonyl (C=O) groups is 1. The number of nitrogens with zero attached hydrogens (tertiary/aromatic N) is 2.